The van der Waals surface area contributed by atoms with Gasteiger partial charge in [-0.3, -0.25) is 0 Å². The van der Waals surface area contributed by atoms with Gasteiger partial charge in [-0.05, 0) is 19.1 Å². The van der Waals surface area contributed by atoms with Gasteiger partial charge in [-0.15, -0.1) is 0 Å². The van der Waals surface area contributed by atoms with Gasteiger partial charge in [0.25, 0.3) is 0 Å². The molecule has 0 bridgehead atoms. The van der Waals surface area contributed by atoms with Gasteiger partial charge >= 0.3 is 0 Å². The number of fused-ring (bicyclic) bond motifs is 1. The van der Waals surface area contributed by atoms with Crippen molar-refractivity contribution in [2.24, 2.45) is 0 Å². The van der Waals surface area contributed by atoms with Gasteiger partial charge in [0.15, 0.2) is 0 Å². The van der Waals surface area contributed by atoms with Crippen molar-refractivity contribution in [1.29, 1.82) is 0 Å². The van der Waals surface area contributed by atoms with E-state index in [9.17, 15) is 0 Å². The number of nitrogens with zero attached hydrogens (tertiary/aromatic N) is 2. The Morgan fingerprint density at radius 1 is 1.06 bits per heavy atom. The Labute approximate surface area is 109 Å². The van der Waals surface area contributed by atoms with E-state index in [0.29, 0.717) is 0 Å². The van der Waals surface area contributed by atoms with Gasteiger partial charge in [0.2, 0.25) is 0 Å². The Hall–Kier alpha value is -1.26. The van der Waals surface area contributed by atoms with Gasteiger partial charge < -0.3 is 19.3 Å². The van der Waals surface area contributed by atoms with Crippen molar-refractivity contribution in [3.63, 3.8) is 0 Å². The SMILES string of the molecule is CCOCCN1CN(CCOC)c2ccccc21. The second-order valence-corrected chi connectivity index (χ2v) is 4.35. The fourth-order valence-electron chi connectivity index (χ4n) is 2.26. The number of hydrogen-bond acceptors (Lipinski definition) is 4. The third-order valence-electron chi connectivity index (χ3n) is 3.18. The third kappa shape index (κ3) is 2.94. The molecule has 1 heterocycles. The van der Waals surface area contributed by atoms with Crippen molar-refractivity contribution >= 4 is 11.4 Å². The summed E-state index contributed by atoms with van der Waals surface area (Å²) >= 11 is 0. The molecule has 0 aromatic heterocycles. The van der Waals surface area contributed by atoms with Crippen LogP contribution < -0.4 is 9.80 Å². The predicted octanol–water partition coefficient (Wildman–Crippen LogP) is 1.95. The molecule has 0 saturated carbocycles. The summed E-state index contributed by atoms with van der Waals surface area (Å²) in [6.45, 7) is 7.14. The van der Waals surface area contributed by atoms with E-state index in [0.717, 1.165) is 39.6 Å². The zero-order valence-electron chi connectivity index (χ0n) is 11.3. The second-order valence-electron chi connectivity index (χ2n) is 4.35. The first-order valence-corrected chi connectivity index (χ1v) is 6.52. The van der Waals surface area contributed by atoms with Gasteiger partial charge in [0, 0.05) is 26.8 Å². The topological polar surface area (TPSA) is 24.9 Å². The molecule has 1 aliphatic heterocycles. The van der Waals surface area contributed by atoms with Crippen molar-refractivity contribution in [2.45, 2.75) is 6.92 Å². The van der Waals surface area contributed by atoms with E-state index in [1.165, 1.54) is 11.4 Å². The molecule has 18 heavy (non-hydrogen) atoms. The predicted molar refractivity (Wildman–Crippen MR) is 74.4 cm³/mol. The van der Waals surface area contributed by atoms with Crippen molar-refractivity contribution < 1.29 is 9.47 Å². The molecule has 2 rings (SSSR count). The van der Waals surface area contributed by atoms with Gasteiger partial charge in [-0.2, -0.15) is 0 Å². The van der Waals surface area contributed by atoms with Crippen LogP contribution in [0.25, 0.3) is 0 Å². The maximum Gasteiger partial charge on any atom is 0.0906 e. The molecule has 0 fully saturated rings. The smallest absolute Gasteiger partial charge is 0.0906 e. The maximum absolute atomic E-state index is 5.44. The summed E-state index contributed by atoms with van der Waals surface area (Å²) in [5.41, 5.74) is 2.60. The number of benzene rings is 1. The van der Waals surface area contributed by atoms with Crippen molar-refractivity contribution in [3.8, 4) is 0 Å². The number of hydrogen-bond donors (Lipinski definition) is 0. The molecule has 0 aliphatic carbocycles. The lowest BCUT2D eigenvalue weighted by atomic mass is 10.2. The zero-order valence-corrected chi connectivity index (χ0v) is 11.3. The monoisotopic (exact) mass is 250 g/mol. The normalized spacial score (nSPS) is 14.1. The molecule has 0 amide bonds. The largest absolute Gasteiger partial charge is 0.383 e. The number of anilines is 2. The molecule has 100 valence electrons. The lowest BCUT2D eigenvalue weighted by molar-refractivity contribution is 0.154. The van der Waals surface area contributed by atoms with E-state index in [1.807, 2.05) is 6.92 Å². The minimum absolute atomic E-state index is 0.758. The number of para-hydroxylation sites is 2. The molecule has 0 radical (unpaired) electrons. The first kappa shape index (κ1) is 13.2. The summed E-state index contributed by atoms with van der Waals surface area (Å²) < 4.78 is 10.6. The Morgan fingerprint density at radius 2 is 1.67 bits per heavy atom. The van der Waals surface area contributed by atoms with Crippen LogP contribution >= 0.6 is 0 Å². The lowest BCUT2D eigenvalue weighted by Crippen LogP contribution is -2.34. The summed E-state index contributed by atoms with van der Waals surface area (Å²) in [4.78, 5) is 4.71. The van der Waals surface area contributed by atoms with Crippen LogP contribution in [0.1, 0.15) is 6.92 Å². The average Bonchev–Trinajstić information content (AvgIpc) is 2.76. The van der Waals surface area contributed by atoms with Crippen molar-refractivity contribution in [2.75, 3.05) is 56.5 Å². The van der Waals surface area contributed by atoms with E-state index in [1.54, 1.807) is 7.11 Å². The Morgan fingerprint density at radius 3 is 2.22 bits per heavy atom. The highest BCUT2D eigenvalue weighted by Gasteiger charge is 2.24. The van der Waals surface area contributed by atoms with E-state index >= 15 is 0 Å². The number of rotatable bonds is 7. The van der Waals surface area contributed by atoms with Crippen LogP contribution in [0.15, 0.2) is 24.3 Å². The molecule has 4 nitrogen and oxygen atoms in total. The Balaban J connectivity index is 2.02. The van der Waals surface area contributed by atoms with Gasteiger partial charge in [-0.1, -0.05) is 12.1 Å². The molecular formula is C14H22N2O2. The van der Waals surface area contributed by atoms with Crippen LogP contribution in [0.3, 0.4) is 0 Å². The summed E-state index contributed by atoms with van der Waals surface area (Å²) in [6.07, 6.45) is 0. The Kier molecular flexibility index (Phi) is 4.84. The molecule has 4 heteroatoms. The van der Waals surface area contributed by atoms with Crippen molar-refractivity contribution in [3.05, 3.63) is 24.3 Å². The summed E-state index contributed by atoms with van der Waals surface area (Å²) in [6, 6.07) is 8.52. The van der Waals surface area contributed by atoms with Crippen LogP contribution in [0.2, 0.25) is 0 Å². The number of ether oxygens (including phenoxy) is 2. The summed E-state index contributed by atoms with van der Waals surface area (Å²) in [5.74, 6) is 0. The van der Waals surface area contributed by atoms with Gasteiger partial charge in [0.1, 0.15) is 0 Å². The molecule has 0 spiro atoms. The fraction of sp³-hybridized carbons (Fsp3) is 0.571. The first-order valence-electron chi connectivity index (χ1n) is 6.52. The molecule has 0 N–H and O–H groups in total. The second kappa shape index (κ2) is 6.61. The average molecular weight is 250 g/mol. The highest BCUT2D eigenvalue weighted by atomic mass is 16.5. The van der Waals surface area contributed by atoms with Crippen LogP contribution in [-0.2, 0) is 9.47 Å². The highest BCUT2D eigenvalue weighted by Crippen LogP contribution is 2.34. The van der Waals surface area contributed by atoms with E-state index in [-0.39, 0.29) is 0 Å². The minimum atomic E-state index is 0.758. The quantitative estimate of drug-likeness (QED) is 0.691. The van der Waals surface area contributed by atoms with Crippen molar-refractivity contribution in [1.82, 2.24) is 0 Å². The minimum Gasteiger partial charge on any atom is -0.383 e. The highest BCUT2D eigenvalue weighted by molar-refractivity contribution is 5.76. The van der Waals surface area contributed by atoms with Crippen LogP contribution in [-0.4, -0.2) is 46.7 Å². The third-order valence-corrected chi connectivity index (χ3v) is 3.18. The summed E-state index contributed by atoms with van der Waals surface area (Å²) in [5, 5.41) is 0. The van der Waals surface area contributed by atoms with Crippen LogP contribution in [0.4, 0.5) is 11.4 Å². The van der Waals surface area contributed by atoms with Crippen LogP contribution in [0, 0.1) is 0 Å². The summed E-state index contributed by atoms with van der Waals surface area (Å²) in [7, 11) is 1.74. The standard InChI is InChI=1S/C14H22N2O2/c1-3-18-11-9-16-12-15(8-10-17-2)13-6-4-5-7-14(13)16/h4-7H,3,8-12H2,1-2H3. The Bertz CT molecular complexity index is 371. The van der Waals surface area contributed by atoms with E-state index < -0.39 is 0 Å². The number of methoxy groups -OCH3 is 1. The molecule has 0 unspecified atom stereocenters. The maximum atomic E-state index is 5.44. The zero-order chi connectivity index (χ0) is 12.8. The van der Waals surface area contributed by atoms with Gasteiger partial charge in [-0.25, -0.2) is 0 Å². The molecule has 1 aromatic rings. The van der Waals surface area contributed by atoms with E-state index in [4.69, 9.17) is 9.47 Å². The molecule has 1 aliphatic rings. The molecular weight excluding hydrogens is 228 g/mol. The molecule has 1 aromatic carbocycles. The lowest BCUT2D eigenvalue weighted by Gasteiger charge is -2.21. The molecule has 0 saturated heterocycles. The van der Waals surface area contributed by atoms with Gasteiger partial charge in [0.05, 0.1) is 31.3 Å². The fourth-order valence-corrected chi connectivity index (χ4v) is 2.26. The molecule has 0 atom stereocenters. The van der Waals surface area contributed by atoms with Crippen LogP contribution in [0.5, 0.6) is 0 Å². The van der Waals surface area contributed by atoms with E-state index in [2.05, 4.69) is 34.1 Å². The first-order chi connectivity index (χ1) is 8.86.